The van der Waals surface area contributed by atoms with Gasteiger partial charge in [-0.05, 0) is 194 Å². The molecule has 0 bridgehead atoms. The standard InChI is InChI=1S/C26H22O12S4.C12H8F2O8S3.C12H10O4S.3CH4/c1-35-19-3-11-23(12-4-19)40(29,30)25-15-7-21(8-16-25)37-42(33,34)38-22-9-17-26(18-10-22)41(31,32)24-13-5-20(6-14-24)36-39(2,27)28;13-24(17,18)21-9-1-5-11(6-2-9)23(15,16)12-7-3-10(4-8-12)22-25(14,19)20;13-9-1-5-11(6-2-9)17(15,16)12-7-3-10(14)4-8-12;;;/h3-18H,1-2H3;1-8H;1-8,13-14H;3*1H4. The number of phenols is 2. The molecule has 0 aliphatic carbocycles. The van der Waals surface area contributed by atoms with Crippen molar-refractivity contribution in [1.29, 1.82) is 0 Å². The van der Waals surface area contributed by atoms with Gasteiger partial charge in [-0.15, -0.1) is 8.42 Å². The third-order valence-electron chi connectivity index (χ3n) is 10.4. The maximum Gasteiger partial charge on any atom is 0.500 e. The smallest absolute Gasteiger partial charge is 0.500 e. The van der Waals surface area contributed by atoms with E-state index in [1.807, 2.05) is 0 Å². The molecule has 8 aromatic carbocycles. The summed E-state index contributed by atoms with van der Waals surface area (Å²) in [6, 6.07) is 37.6. The summed E-state index contributed by atoms with van der Waals surface area (Å²) in [5, 5.41) is 18.2. The normalized spacial score (nSPS) is 11.8. The molecule has 0 saturated heterocycles. The molecule has 0 aromatic heterocycles. The average molecular weight is 1370 g/mol. The van der Waals surface area contributed by atoms with Gasteiger partial charge in [-0.3, -0.25) is 0 Å². The topological polar surface area (TPSA) is 369 Å². The van der Waals surface area contributed by atoms with Crippen molar-refractivity contribution in [3.8, 4) is 46.0 Å². The maximum atomic E-state index is 12.9. The number of halogens is 2. The fourth-order valence-electron chi connectivity index (χ4n) is 6.58. The van der Waals surface area contributed by atoms with Crippen LogP contribution in [0, 0.1) is 0 Å². The zero-order valence-corrected chi connectivity index (χ0v) is 48.9. The van der Waals surface area contributed by atoms with Gasteiger partial charge in [-0.25, -0.2) is 33.7 Å². The molecule has 0 heterocycles. The van der Waals surface area contributed by atoms with Gasteiger partial charge in [0, 0.05) is 0 Å². The third kappa shape index (κ3) is 20.6. The van der Waals surface area contributed by atoms with E-state index in [0.717, 1.165) is 103 Å². The second-order valence-corrected chi connectivity index (χ2v) is 28.8. The number of sulfone groups is 4. The van der Waals surface area contributed by atoms with E-state index in [0.29, 0.717) is 5.75 Å². The summed E-state index contributed by atoms with van der Waals surface area (Å²) in [5.41, 5.74) is 0. The monoisotopic (exact) mass is 1370 g/mol. The number of benzene rings is 8. The molecule has 0 aliphatic heterocycles. The Balaban J connectivity index is 0.000000373. The minimum absolute atomic E-state index is 0. The van der Waals surface area contributed by atoms with Crippen LogP contribution in [0.25, 0.3) is 0 Å². The summed E-state index contributed by atoms with van der Waals surface area (Å²) in [4.78, 5) is -0.805. The SMILES string of the molecule is C.C.C.COc1ccc(S(=O)(=O)c2ccc(OS(=O)(=O)Oc3ccc(S(=O)(=O)c4ccc(OS(C)(=O)=O)cc4)cc3)cc2)cc1.O=S(=O)(F)Oc1ccc(S(=O)(=O)c2ccc(OS(=O)(=O)F)cc2)cc1.O=S(=O)(c1ccc(O)cc1)c1ccc(O)cc1. The number of phenolic OH excluding ortho intramolecular Hbond substituents is 2. The average Bonchev–Trinajstić information content (AvgIpc) is 1.57. The third-order valence-corrected chi connectivity index (χ3v) is 19.6. The molecule has 0 saturated carbocycles. The van der Waals surface area contributed by atoms with Gasteiger partial charge in [0.2, 0.25) is 39.3 Å². The lowest BCUT2D eigenvalue weighted by molar-refractivity contribution is 0.392. The molecule has 0 amide bonds. The van der Waals surface area contributed by atoms with Crippen molar-refractivity contribution < 1.29 is 111 Å². The van der Waals surface area contributed by atoms with Gasteiger partial charge in [-0.1, -0.05) is 30.1 Å². The Hall–Kier alpha value is -8.38. The van der Waals surface area contributed by atoms with Gasteiger partial charge in [0.15, 0.2) is 0 Å². The van der Waals surface area contributed by atoms with E-state index < -0.39 is 92.4 Å². The molecule has 0 atom stereocenters. The van der Waals surface area contributed by atoms with E-state index in [-0.39, 0.29) is 90.2 Å². The number of hydrogen-bond acceptors (Lipinski definition) is 24. The molecular formula is C53H52F2O24S8. The van der Waals surface area contributed by atoms with Crippen molar-refractivity contribution in [1.82, 2.24) is 0 Å². The van der Waals surface area contributed by atoms with E-state index in [9.17, 15) is 75.1 Å². The lowest BCUT2D eigenvalue weighted by Gasteiger charge is -2.10. The molecule has 0 fully saturated rings. The quantitative estimate of drug-likeness (QED) is 0.0563. The Morgan fingerprint density at radius 1 is 0.276 bits per heavy atom. The van der Waals surface area contributed by atoms with Crippen molar-refractivity contribution in [2.75, 3.05) is 13.4 Å². The highest BCUT2D eigenvalue weighted by Crippen LogP contribution is 2.30. The molecule has 0 aliphatic rings. The summed E-state index contributed by atoms with van der Waals surface area (Å²) in [6.45, 7) is 0. The lowest BCUT2D eigenvalue weighted by atomic mass is 10.3. The number of ether oxygens (including phenoxy) is 1. The number of methoxy groups -OCH3 is 1. The largest absolute Gasteiger partial charge is 0.508 e. The van der Waals surface area contributed by atoms with Crippen LogP contribution < -0.4 is 25.7 Å². The molecule has 0 unspecified atom stereocenters. The van der Waals surface area contributed by atoms with Crippen LogP contribution in [-0.2, 0) is 80.9 Å². The molecule has 8 rings (SSSR count). The number of aromatic hydroxyl groups is 2. The van der Waals surface area contributed by atoms with Crippen molar-refractivity contribution in [3.63, 3.8) is 0 Å². The Morgan fingerprint density at radius 3 is 0.632 bits per heavy atom. The molecule has 8 aromatic rings. The van der Waals surface area contributed by atoms with Crippen LogP contribution in [-0.4, -0.2) is 90.9 Å². The summed E-state index contributed by atoms with van der Waals surface area (Å²) < 4.78 is 241. The van der Waals surface area contributed by atoms with E-state index in [2.05, 4.69) is 12.5 Å². The Morgan fingerprint density at radius 2 is 0.448 bits per heavy atom. The molecule has 24 nitrogen and oxygen atoms in total. The molecule has 0 radical (unpaired) electrons. The summed E-state index contributed by atoms with van der Waals surface area (Å²) in [7, 11) is -33.1. The van der Waals surface area contributed by atoms with Gasteiger partial charge in [0.25, 0.3) is 0 Å². The Kier molecular flexibility index (Phi) is 24.2. The fraction of sp³-hybridized carbons (Fsp3) is 0.0943. The van der Waals surface area contributed by atoms with Gasteiger partial charge < -0.3 is 35.9 Å². The molecule has 2 N–H and O–H groups in total. The molecule has 470 valence electrons. The lowest BCUT2D eigenvalue weighted by Crippen LogP contribution is -2.16. The van der Waals surface area contributed by atoms with E-state index in [4.69, 9.17) is 23.3 Å². The molecular weight excluding hydrogens is 1320 g/mol. The zero-order chi connectivity index (χ0) is 62.1. The predicted octanol–water partition coefficient (Wildman–Crippen LogP) is 8.95. The fourth-order valence-corrected chi connectivity index (χ4v) is 13.5. The second-order valence-electron chi connectivity index (χ2n) is 16.3. The van der Waals surface area contributed by atoms with Gasteiger partial charge in [-0.2, -0.15) is 25.3 Å². The van der Waals surface area contributed by atoms with Crippen LogP contribution in [0.5, 0.6) is 46.0 Å². The van der Waals surface area contributed by atoms with Crippen LogP contribution in [0.1, 0.15) is 22.3 Å². The van der Waals surface area contributed by atoms with Crippen molar-refractivity contribution in [3.05, 3.63) is 194 Å². The minimum Gasteiger partial charge on any atom is -0.508 e. The highest BCUT2D eigenvalue weighted by molar-refractivity contribution is 7.92. The van der Waals surface area contributed by atoms with Crippen LogP contribution in [0.2, 0.25) is 0 Å². The van der Waals surface area contributed by atoms with Crippen molar-refractivity contribution in [2.24, 2.45) is 0 Å². The van der Waals surface area contributed by atoms with Gasteiger partial charge >= 0.3 is 41.5 Å². The molecule has 34 heteroatoms. The maximum absolute atomic E-state index is 12.9. The predicted molar refractivity (Wildman–Crippen MR) is 310 cm³/mol. The van der Waals surface area contributed by atoms with Crippen molar-refractivity contribution >= 4 is 80.9 Å². The van der Waals surface area contributed by atoms with E-state index in [1.165, 1.54) is 104 Å². The minimum atomic E-state index is -5.24. The number of rotatable bonds is 19. The Bertz CT molecular complexity index is 4450. The van der Waals surface area contributed by atoms with Crippen LogP contribution >= 0.6 is 0 Å². The summed E-state index contributed by atoms with van der Waals surface area (Å²) in [5.74, 6) is -0.927. The first-order valence-corrected chi connectivity index (χ1v) is 34.2. The number of hydrogen-bond donors (Lipinski definition) is 2. The van der Waals surface area contributed by atoms with Crippen LogP contribution in [0.15, 0.2) is 233 Å². The molecule has 0 spiro atoms. The van der Waals surface area contributed by atoms with Crippen LogP contribution in [0.3, 0.4) is 0 Å². The first-order valence-electron chi connectivity index (χ1n) is 22.5. The van der Waals surface area contributed by atoms with Crippen molar-refractivity contribution in [2.45, 2.75) is 61.4 Å². The highest BCUT2D eigenvalue weighted by Gasteiger charge is 2.24. The Labute approximate surface area is 503 Å². The summed E-state index contributed by atoms with van der Waals surface area (Å²) in [6.07, 6.45) is 0.847. The van der Waals surface area contributed by atoms with E-state index >= 15 is 0 Å². The van der Waals surface area contributed by atoms with E-state index in [1.54, 1.807) is 0 Å². The van der Waals surface area contributed by atoms with Gasteiger partial charge in [0.05, 0.1) is 52.5 Å². The van der Waals surface area contributed by atoms with Crippen LogP contribution in [0.4, 0.5) is 7.77 Å². The first kappa shape index (κ1) is 72.9. The zero-order valence-electron chi connectivity index (χ0n) is 42.4. The molecule has 87 heavy (non-hydrogen) atoms. The second kappa shape index (κ2) is 28.9. The summed E-state index contributed by atoms with van der Waals surface area (Å²) >= 11 is 0. The first-order chi connectivity index (χ1) is 39.0. The highest BCUT2D eigenvalue weighted by atomic mass is 32.3. The van der Waals surface area contributed by atoms with Gasteiger partial charge in [0.1, 0.15) is 46.0 Å².